The van der Waals surface area contributed by atoms with Crippen LogP contribution < -0.4 is 19.1 Å². The van der Waals surface area contributed by atoms with Gasteiger partial charge in [-0.2, -0.15) is 0 Å². The summed E-state index contributed by atoms with van der Waals surface area (Å²) in [6, 6.07) is 8.76. The van der Waals surface area contributed by atoms with Crippen LogP contribution >= 0.6 is 11.6 Å². The number of carbonyl (C=O) groups excluding carboxylic acids is 1. The summed E-state index contributed by atoms with van der Waals surface area (Å²) < 4.78 is 36.3. The number of carbonyl (C=O) groups is 1. The molecule has 2 aromatic rings. The Labute approximate surface area is 170 Å². The van der Waals surface area contributed by atoms with Gasteiger partial charge in [0, 0.05) is 16.8 Å². The number of nitrogens with zero attached hydrogens (tertiary/aromatic N) is 1. The predicted molar refractivity (Wildman–Crippen MR) is 111 cm³/mol. The standard InChI is InChI=1S/C19H23ClN2O5S/c1-12-6-7-14(20)10-16(12)22(28(5,24)25)13(2)19(23)21-15-8-9-17(26-3)18(11-15)27-4/h6-11,13H,1-5H3,(H,21,23)/t13-/m1/s1. The summed E-state index contributed by atoms with van der Waals surface area (Å²) in [4.78, 5) is 12.8. The Kier molecular flexibility index (Phi) is 6.79. The monoisotopic (exact) mass is 426 g/mol. The normalized spacial score (nSPS) is 12.2. The van der Waals surface area contributed by atoms with Crippen LogP contribution in [-0.2, 0) is 14.8 Å². The van der Waals surface area contributed by atoms with Crippen molar-refractivity contribution in [3.05, 3.63) is 47.0 Å². The first-order valence-corrected chi connectivity index (χ1v) is 10.6. The molecule has 9 heteroatoms. The molecule has 0 saturated heterocycles. The number of hydrogen-bond donors (Lipinski definition) is 1. The van der Waals surface area contributed by atoms with E-state index in [2.05, 4.69) is 5.32 Å². The van der Waals surface area contributed by atoms with Gasteiger partial charge < -0.3 is 14.8 Å². The Morgan fingerprint density at radius 1 is 1.11 bits per heavy atom. The first kappa shape index (κ1) is 21.8. The number of benzene rings is 2. The van der Waals surface area contributed by atoms with E-state index in [1.165, 1.54) is 27.2 Å². The van der Waals surface area contributed by atoms with Crippen molar-refractivity contribution in [3.63, 3.8) is 0 Å². The molecule has 0 unspecified atom stereocenters. The molecule has 0 saturated carbocycles. The third-order valence-electron chi connectivity index (χ3n) is 4.15. The van der Waals surface area contributed by atoms with Crippen molar-refractivity contribution in [3.8, 4) is 11.5 Å². The van der Waals surface area contributed by atoms with E-state index in [4.69, 9.17) is 21.1 Å². The van der Waals surface area contributed by atoms with Crippen LogP contribution in [0.25, 0.3) is 0 Å². The van der Waals surface area contributed by atoms with Crippen molar-refractivity contribution >= 4 is 38.9 Å². The molecule has 0 radical (unpaired) electrons. The number of nitrogens with one attached hydrogen (secondary N) is 1. The van der Waals surface area contributed by atoms with Crippen LogP contribution in [-0.4, -0.2) is 40.8 Å². The Morgan fingerprint density at radius 2 is 1.75 bits per heavy atom. The summed E-state index contributed by atoms with van der Waals surface area (Å²) in [6.07, 6.45) is 1.05. The molecule has 1 atom stereocenters. The minimum atomic E-state index is -3.75. The quantitative estimate of drug-likeness (QED) is 0.732. The number of hydrogen-bond acceptors (Lipinski definition) is 5. The van der Waals surface area contributed by atoms with Crippen LogP contribution in [0, 0.1) is 6.92 Å². The van der Waals surface area contributed by atoms with E-state index in [9.17, 15) is 13.2 Å². The molecule has 1 N–H and O–H groups in total. The molecule has 0 aromatic heterocycles. The van der Waals surface area contributed by atoms with E-state index in [1.807, 2.05) is 0 Å². The molecule has 7 nitrogen and oxygen atoms in total. The molecule has 0 bridgehead atoms. The van der Waals surface area contributed by atoms with E-state index >= 15 is 0 Å². The molecule has 0 aliphatic heterocycles. The van der Waals surface area contributed by atoms with Crippen molar-refractivity contribution in [1.29, 1.82) is 0 Å². The van der Waals surface area contributed by atoms with Gasteiger partial charge in [0.2, 0.25) is 15.9 Å². The fraction of sp³-hybridized carbons (Fsp3) is 0.316. The van der Waals surface area contributed by atoms with Gasteiger partial charge >= 0.3 is 0 Å². The highest BCUT2D eigenvalue weighted by Crippen LogP contribution is 2.31. The van der Waals surface area contributed by atoms with Crippen molar-refractivity contribution in [2.45, 2.75) is 19.9 Å². The van der Waals surface area contributed by atoms with Gasteiger partial charge in [-0.05, 0) is 43.7 Å². The molecule has 1 amide bonds. The zero-order valence-corrected chi connectivity index (χ0v) is 17.9. The van der Waals surface area contributed by atoms with Gasteiger partial charge in [-0.25, -0.2) is 8.42 Å². The van der Waals surface area contributed by atoms with E-state index in [0.717, 1.165) is 10.6 Å². The summed E-state index contributed by atoms with van der Waals surface area (Å²) in [7, 11) is -0.753. The van der Waals surface area contributed by atoms with E-state index in [0.29, 0.717) is 33.5 Å². The largest absolute Gasteiger partial charge is 0.493 e. The van der Waals surface area contributed by atoms with E-state index in [1.54, 1.807) is 37.3 Å². The van der Waals surface area contributed by atoms with E-state index < -0.39 is 22.0 Å². The van der Waals surface area contributed by atoms with Crippen molar-refractivity contribution in [2.75, 3.05) is 30.1 Å². The second-order valence-electron chi connectivity index (χ2n) is 6.22. The topological polar surface area (TPSA) is 84.9 Å². The number of amides is 1. The van der Waals surface area contributed by atoms with Crippen molar-refractivity contribution < 1.29 is 22.7 Å². The molecule has 0 aliphatic carbocycles. The number of aryl methyl sites for hydroxylation is 1. The number of ether oxygens (including phenoxy) is 2. The Bertz CT molecular complexity index is 978. The first-order chi connectivity index (χ1) is 13.1. The van der Waals surface area contributed by atoms with Crippen LogP contribution in [0.4, 0.5) is 11.4 Å². The molecule has 0 heterocycles. The third-order valence-corrected chi connectivity index (χ3v) is 5.61. The van der Waals surface area contributed by atoms with Crippen molar-refractivity contribution in [2.24, 2.45) is 0 Å². The molecule has 2 aromatic carbocycles. The molecule has 0 fully saturated rings. The van der Waals surface area contributed by atoms with Crippen LogP contribution in [0.1, 0.15) is 12.5 Å². The minimum Gasteiger partial charge on any atom is -0.493 e. The highest BCUT2D eigenvalue weighted by Gasteiger charge is 2.30. The highest BCUT2D eigenvalue weighted by atomic mass is 35.5. The van der Waals surface area contributed by atoms with Crippen LogP contribution in [0.3, 0.4) is 0 Å². The van der Waals surface area contributed by atoms with Crippen LogP contribution in [0.5, 0.6) is 11.5 Å². The summed E-state index contributed by atoms with van der Waals surface area (Å²) in [5.41, 5.74) is 1.48. The maximum atomic E-state index is 12.8. The molecule has 2 rings (SSSR count). The van der Waals surface area contributed by atoms with Crippen molar-refractivity contribution in [1.82, 2.24) is 0 Å². The lowest BCUT2D eigenvalue weighted by Crippen LogP contribution is -2.45. The predicted octanol–water partition coefficient (Wildman–Crippen LogP) is 3.46. The molecule has 152 valence electrons. The zero-order valence-electron chi connectivity index (χ0n) is 16.3. The lowest BCUT2D eigenvalue weighted by molar-refractivity contribution is -0.116. The third kappa shape index (κ3) is 4.88. The fourth-order valence-electron chi connectivity index (χ4n) is 2.76. The Hall–Kier alpha value is -2.45. The van der Waals surface area contributed by atoms with Gasteiger partial charge in [0.05, 0.1) is 26.2 Å². The van der Waals surface area contributed by atoms with Gasteiger partial charge in [-0.1, -0.05) is 17.7 Å². The average Bonchev–Trinajstić information content (AvgIpc) is 2.63. The summed E-state index contributed by atoms with van der Waals surface area (Å²) >= 11 is 6.04. The molecule has 0 aliphatic rings. The summed E-state index contributed by atoms with van der Waals surface area (Å²) in [5, 5.41) is 3.09. The lowest BCUT2D eigenvalue weighted by Gasteiger charge is -2.29. The minimum absolute atomic E-state index is 0.352. The molecule has 0 spiro atoms. The second-order valence-corrected chi connectivity index (χ2v) is 8.52. The second kappa shape index (κ2) is 8.70. The summed E-state index contributed by atoms with van der Waals surface area (Å²) in [6.45, 7) is 3.26. The SMILES string of the molecule is COc1ccc(NC(=O)[C@@H](C)N(c2cc(Cl)ccc2C)S(C)(=O)=O)cc1OC. The number of halogens is 1. The fourth-order valence-corrected chi connectivity index (χ4v) is 4.15. The average molecular weight is 427 g/mol. The summed E-state index contributed by atoms with van der Waals surface area (Å²) in [5.74, 6) is 0.455. The Balaban J connectivity index is 2.36. The number of anilines is 2. The maximum absolute atomic E-state index is 12.8. The smallest absolute Gasteiger partial charge is 0.247 e. The first-order valence-electron chi connectivity index (χ1n) is 8.37. The maximum Gasteiger partial charge on any atom is 0.247 e. The lowest BCUT2D eigenvalue weighted by atomic mass is 10.1. The zero-order chi connectivity index (χ0) is 21.1. The molecule has 28 heavy (non-hydrogen) atoms. The van der Waals surface area contributed by atoms with Gasteiger partial charge in [-0.15, -0.1) is 0 Å². The van der Waals surface area contributed by atoms with Gasteiger partial charge in [0.1, 0.15) is 6.04 Å². The van der Waals surface area contributed by atoms with Gasteiger partial charge in [-0.3, -0.25) is 9.10 Å². The van der Waals surface area contributed by atoms with E-state index in [-0.39, 0.29) is 0 Å². The van der Waals surface area contributed by atoms with Gasteiger partial charge in [0.25, 0.3) is 0 Å². The number of rotatable bonds is 7. The highest BCUT2D eigenvalue weighted by molar-refractivity contribution is 7.92. The number of methoxy groups -OCH3 is 2. The molecular weight excluding hydrogens is 404 g/mol. The van der Waals surface area contributed by atoms with Gasteiger partial charge in [0.15, 0.2) is 11.5 Å². The van der Waals surface area contributed by atoms with Crippen LogP contribution in [0.15, 0.2) is 36.4 Å². The number of sulfonamides is 1. The molecular formula is C19H23ClN2O5S. The van der Waals surface area contributed by atoms with Crippen LogP contribution in [0.2, 0.25) is 5.02 Å². The Morgan fingerprint density at radius 3 is 2.32 bits per heavy atom.